The van der Waals surface area contributed by atoms with Crippen LogP contribution in [0, 0.1) is 0 Å². The predicted octanol–water partition coefficient (Wildman–Crippen LogP) is 1.80. The maximum absolute atomic E-state index is 5.74. The van der Waals surface area contributed by atoms with Crippen molar-refractivity contribution in [2.45, 2.75) is 45.5 Å². The molecule has 4 heteroatoms. The molecular formula is C15H25N3O. The largest absolute Gasteiger partial charge is 0.376 e. The van der Waals surface area contributed by atoms with E-state index in [1.807, 2.05) is 7.05 Å². The molecule has 1 N–H and O–H groups in total. The van der Waals surface area contributed by atoms with Crippen LogP contribution >= 0.6 is 0 Å². The Bertz CT molecular complexity index is 397. The molecule has 0 bridgehead atoms. The van der Waals surface area contributed by atoms with Crippen LogP contribution in [-0.2, 0) is 17.8 Å². The zero-order chi connectivity index (χ0) is 13.7. The highest BCUT2D eigenvalue weighted by Gasteiger charge is 2.25. The minimum absolute atomic E-state index is 0.322. The highest BCUT2D eigenvalue weighted by atomic mass is 16.5. The lowest BCUT2D eigenvalue weighted by Gasteiger charge is -2.38. The number of aromatic nitrogens is 1. The smallest absolute Gasteiger partial charge is 0.0674 e. The van der Waals surface area contributed by atoms with E-state index in [1.54, 1.807) is 0 Å². The number of hydrogen-bond donors (Lipinski definition) is 1. The first-order valence-corrected chi connectivity index (χ1v) is 7.18. The van der Waals surface area contributed by atoms with Gasteiger partial charge in [0.2, 0.25) is 0 Å². The molecule has 4 nitrogen and oxygen atoms in total. The van der Waals surface area contributed by atoms with Gasteiger partial charge in [0.15, 0.2) is 0 Å². The predicted molar refractivity (Wildman–Crippen MR) is 76.9 cm³/mol. The van der Waals surface area contributed by atoms with Gasteiger partial charge in [-0.1, -0.05) is 13.0 Å². The van der Waals surface area contributed by atoms with Gasteiger partial charge in [-0.3, -0.25) is 9.88 Å². The Balaban J connectivity index is 2.03. The van der Waals surface area contributed by atoms with Crippen LogP contribution in [0.1, 0.15) is 31.7 Å². The normalized spacial score (nSPS) is 24.6. The maximum Gasteiger partial charge on any atom is 0.0674 e. The molecule has 106 valence electrons. The van der Waals surface area contributed by atoms with Crippen LogP contribution in [0.3, 0.4) is 0 Å². The first kappa shape index (κ1) is 14.4. The third-order valence-electron chi connectivity index (χ3n) is 3.64. The molecule has 2 unspecified atom stereocenters. The summed E-state index contributed by atoms with van der Waals surface area (Å²) in [4.78, 5) is 7.21. The first-order chi connectivity index (χ1) is 9.22. The zero-order valence-electron chi connectivity index (χ0n) is 12.2. The standard InChI is InChI=1S/C15H25N3O/c1-4-15-11-19-12(2)9-18(15)10-14-7-5-6-13(17-14)8-16-3/h5-7,12,15-16H,4,8-11H2,1-3H3. The van der Waals surface area contributed by atoms with E-state index in [1.165, 1.54) is 0 Å². The number of morpholine rings is 1. The second-order valence-corrected chi connectivity index (χ2v) is 5.29. The average molecular weight is 263 g/mol. The fraction of sp³-hybridized carbons (Fsp3) is 0.667. The van der Waals surface area contributed by atoms with Gasteiger partial charge in [0, 0.05) is 25.7 Å². The Morgan fingerprint density at radius 3 is 2.95 bits per heavy atom. The number of nitrogens with zero attached hydrogens (tertiary/aromatic N) is 2. The Hall–Kier alpha value is -0.970. The highest BCUT2D eigenvalue weighted by Crippen LogP contribution is 2.17. The molecule has 0 radical (unpaired) electrons. The summed E-state index contributed by atoms with van der Waals surface area (Å²) in [5, 5.41) is 3.15. The van der Waals surface area contributed by atoms with E-state index in [9.17, 15) is 0 Å². The third-order valence-corrected chi connectivity index (χ3v) is 3.64. The molecule has 0 amide bonds. The van der Waals surface area contributed by atoms with Gasteiger partial charge in [-0.25, -0.2) is 0 Å². The summed E-state index contributed by atoms with van der Waals surface area (Å²) in [6.45, 7) is 7.95. The van der Waals surface area contributed by atoms with E-state index in [4.69, 9.17) is 9.72 Å². The molecule has 0 spiro atoms. The fourth-order valence-corrected chi connectivity index (χ4v) is 2.59. The fourth-order valence-electron chi connectivity index (χ4n) is 2.59. The van der Waals surface area contributed by atoms with Crippen molar-refractivity contribution in [3.63, 3.8) is 0 Å². The number of ether oxygens (including phenoxy) is 1. The monoisotopic (exact) mass is 263 g/mol. The molecule has 1 aromatic rings. The van der Waals surface area contributed by atoms with Crippen molar-refractivity contribution in [1.29, 1.82) is 0 Å². The number of rotatable bonds is 5. The molecule has 2 atom stereocenters. The summed E-state index contributed by atoms with van der Waals surface area (Å²) in [7, 11) is 1.95. The Morgan fingerprint density at radius 1 is 1.42 bits per heavy atom. The van der Waals surface area contributed by atoms with Gasteiger partial charge >= 0.3 is 0 Å². The summed E-state index contributed by atoms with van der Waals surface area (Å²) in [5.74, 6) is 0. The lowest BCUT2D eigenvalue weighted by atomic mass is 10.1. The van der Waals surface area contributed by atoms with Gasteiger partial charge in [-0.05, 0) is 32.5 Å². The SMILES string of the molecule is CCC1COC(C)CN1Cc1cccc(CNC)n1. The van der Waals surface area contributed by atoms with Crippen molar-refractivity contribution in [2.24, 2.45) is 0 Å². The molecule has 0 saturated carbocycles. The minimum Gasteiger partial charge on any atom is -0.376 e. The summed E-state index contributed by atoms with van der Waals surface area (Å²) >= 11 is 0. The van der Waals surface area contributed by atoms with Crippen molar-refractivity contribution >= 4 is 0 Å². The quantitative estimate of drug-likeness (QED) is 0.879. The van der Waals surface area contributed by atoms with Crippen LogP contribution < -0.4 is 5.32 Å². The second-order valence-electron chi connectivity index (χ2n) is 5.29. The van der Waals surface area contributed by atoms with E-state index >= 15 is 0 Å². The first-order valence-electron chi connectivity index (χ1n) is 7.18. The van der Waals surface area contributed by atoms with Crippen LogP contribution in [0.2, 0.25) is 0 Å². The van der Waals surface area contributed by atoms with Gasteiger partial charge in [0.1, 0.15) is 0 Å². The van der Waals surface area contributed by atoms with Crippen molar-refractivity contribution in [1.82, 2.24) is 15.2 Å². The van der Waals surface area contributed by atoms with Gasteiger partial charge in [-0.15, -0.1) is 0 Å². The Morgan fingerprint density at radius 2 is 2.21 bits per heavy atom. The summed E-state index contributed by atoms with van der Waals surface area (Å²) < 4.78 is 5.74. The van der Waals surface area contributed by atoms with Gasteiger partial charge in [0.05, 0.1) is 24.1 Å². The van der Waals surface area contributed by atoms with Crippen molar-refractivity contribution < 1.29 is 4.74 Å². The minimum atomic E-state index is 0.322. The number of hydrogen-bond acceptors (Lipinski definition) is 4. The van der Waals surface area contributed by atoms with Crippen LogP contribution in [0.15, 0.2) is 18.2 Å². The van der Waals surface area contributed by atoms with Crippen LogP contribution in [-0.4, -0.2) is 42.2 Å². The van der Waals surface area contributed by atoms with Crippen molar-refractivity contribution in [2.75, 3.05) is 20.2 Å². The number of pyridine rings is 1. The van der Waals surface area contributed by atoms with Gasteiger partial charge < -0.3 is 10.1 Å². The molecule has 1 aromatic heterocycles. The lowest BCUT2D eigenvalue weighted by molar-refractivity contribution is -0.0596. The third kappa shape index (κ3) is 4.00. The van der Waals surface area contributed by atoms with E-state index in [0.29, 0.717) is 12.1 Å². The highest BCUT2D eigenvalue weighted by molar-refractivity contribution is 5.11. The zero-order valence-corrected chi connectivity index (χ0v) is 12.2. The summed E-state index contributed by atoms with van der Waals surface area (Å²) in [6.07, 6.45) is 1.45. The molecule has 0 aliphatic carbocycles. The average Bonchev–Trinajstić information content (AvgIpc) is 2.40. The van der Waals surface area contributed by atoms with E-state index in [2.05, 4.69) is 42.3 Å². The van der Waals surface area contributed by atoms with Crippen LogP contribution in [0.5, 0.6) is 0 Å². The Kier molecular flexibility index (Phi) is 5.31. The van der Waals surface area contributed by atoms with Gasteiger partial charge in [-0.2, -0.15) is 0 Å². The van der Waals surface area contributed by atoms with Crippen LogP contribution in [0.25, 0.3) is 0 Å². The van der Waals surface area contributed by atoms with Crippen molar-refractivity contribution in [3.05, 3.63) is 29.6 Å². The van der Waals surface area contributed by atoms with E-state index < -0.39 is 0 Å². The van der Waals surface area contributed by atoms with E-state index in [-0.39, 0.29) is 0 Å². The molecule has 1 saturated heterocycles. The van der Waals surface area contributed by atoms with Crippen LogP contribution in [0.4, 0.5) is 0 Å². The number of nitrogens with one attached hydrogen (secondary N) is 1. The second kappa shape index (κ2) is 6.98. The van der Waals surface area contributed by atoms with Crippen molar-refractivity contribution in [3.8, 4) is 0 Å². The molecule has 0 aromatic carbocycles. The summed E-state index contributed by atoms with van der Waals surface area (Å²) in [6, 6.07) is 6.80. The molecule has 19 heavy (non-hydrogen) atoms. The molecular weight excluding hydrogens is 238 g/mol. The Labute approximate surface area is 116 Å². The maximum atomic E-state index is 5.74. The molecule has 2 rings (SSSR count). The summed E-state index contributed by atoms with van der Waals surface area (Å²) in [5.41, 5.74) is 2.26. The lowest BCUT2D eigenvalue weighted by Crippen LogP contribution is -2.48. The molecule has 1 aliphatic heterocycles. The van der Waals surface area contributed by atoms with Gasteiger partial charge in [0.25, 0.3) is 0 Å². The molecule has 2 heterocycles. The van der Waals surface area contributed by atoms with E-state index in [0.717, 1.165) is 44.0 Å². The molecule has 1 aliphatic rings. The molecule has 1 fully saturated rings. The topological polar surface area (TPSA) is 37.4 Å².